The van der Waals surface area contributed by atoms with Crippen LogP contribution in [0.2, 0.25) is 0 Å². The van der Waals surface area contributed by atoms with Gasteiger partial charge in [0.2, 0.25) is 5.82 Å². The lowest BCUT2D eigenvalue weighted by Gasteiger charge is -2.14. The Balaban J connectivity index is 1.52. The fourth-order valence-electron chi connectivity index (χ4n) is 2.94. The first kappa shape index (κ1) is 19.3. The number of nitrogens with zero attached hydrogens (tertiary/aromatic N) is 3. The van der Waals surface area contributed by atoms with Gasteiger partial charge in [-0.05, 0) is 46.3 Å². The smallest absolute Gasteiger partial charge is 0.414 e. The number of anilines is 1. The molecule has 1 unspecified atom stereocenters. The Morgan fingerprint density at radius 1 is 1.31 bits per heavy atom. The first-order valence-corrected chi connectivity index (χ1v) is 9.92. The molecule has 1 aliphatic heterocycles. The van der Waals surface area contributed by atoms with Gasteiger partial charge >= 0.3 is 6.09 Å². The number of halogens is 1. The second-order valence-electron chi connectivity index (χ2n) is 6.31. The molecule has 4 rings (SSSR count). The molecule has 0 spiro atoms. The molecule has 29 heavy (non-hydrogen) atoms. The monoisotopic (exact) mass is 473 g/mol. The van der Waals surface area contributed by atoms with E-state index in [0.717, 1.165) is 15.6 Å². The Kier molecular flexibility index (Phi) is 5.45. The Bertz CT molecular complexity index is 1060. The van der Waals surface area contributed by atoms with Crippen LogP contribution < -0.4 is 16.0 Å². The molecule has 3 aromatic rings. The Morgan fingerprint density at radius 3 is 2.83 bits per heavy atom. The van der Waals surface area contributed by atoms with E-state index in [9.17, 15) is 4.79 Å². The SMILES string of the molecule is NC(=S)NCC1CN(c2ccc(-c3nc(-c4ccccc4)no3)c(Br)c2)C(=O)O1. The minimum absolute atomic E-state index is 0.168. The van der Waals surface area contributed by atoms with Gasteiger partial charge in [-0.1, -0.05) is 35.5 Å². The van der Waals surface area contributed by atoms with Gasteiger partial charge in [-0.25, -0.2) is 4.79 Å². The molecule has 1 saturated heterocycles. The lowest BCUT2D eigenvalue weighted by atomic mass is 10.2. The summed E-state index contributed by atoms with van der Waals surface area (Å²) in [6.45, 7) is 0.750. The van der Waals surface area contributed by atoms with Gasteiger partial charge in [0.15, 0.2) is 5.11 Å². The Hall–Kier alpha value is -2.98. The summed E-state index contributed by atoms with van der Waals surface area (Å²) >= 11 is 8.31. The van der Waals surface area contributed by atoms with Crippen LogP contribution in [-0.2, 0) is 4.74 Å². The van der Waals surface area contributed by atoms with Crippen LogP contribution >= 0.6 is 28.1 Å². The van der Waals surface area contributed by atoms with E-state index in [0.29, 0.717) is 30.5 Å². The molecule has 2 aromatic carbocycles. The summed E-state index contributed by atoms with van der Waals surface area (Å²) in [7, 11) is 0. The van der Waals surface area contributed by atoms with Crippen molar-refractivity contribution in [2.45, 2.75) is 6.10 Å². The van der Waals surface area contributed by atoms with Gasteiger partial charge in [0.05, 0.1) is 18.7 Å². The summed E-state index contributed by atoms with van der Waals surface area (Å²) in [6.07, 6.45) is -0.768. The van der Waals surface area contributed by atoms with Crippen molar-refractivity contribution < 1.29 is 14.1 Å². The Morgan fingerprint density at radius 2 is 2.10 bits per heavy atom. The molecule has 10 heteroatoms. The topological polar surface area (TPSA) is 107 Å². The number of ether oxygens (including phenoxy) is 1. The molecule has 0 aliphatic carbocycles. The fraction of sp³-hybridized carbons (Fsp3) is 0.158. The molecule has 148 valence electrons. The number of aromatic nitrogens is 2. The van der Waals surface area contributed by atoms with E-state index in [1.165, 1.54) is 0 Å². The summed E-state index contributed by atoms with van der Waals surface area (Å²) in [4.78, 5) is 18.2. The highest BCUT2D eigenvalue weighted by atomic mass is 79.9. The number of nitrogens with two attached hydrogens (primary N) is 1. The first-order chi connectivity index (χ1) is 14.0. The van der Waals surface area contributed by atoms with Crippen LogP contribution in [0.25, 0.3) is 22.8 Å². The van der Waals surface area contributed by atoms with Crippen LogP contribution in [-0.4, -0.2) is 40.5 Å². The molecule has 1 fully saturated rings. The largest absolute Gasteiger partial charge is 0.442 e. The molecular weight excluding hydrogens is 458 g/mol. The van der Waals surface area contributed by atoms with E-state index in [1.807, 2.05) is 42.5 Å². The highest BCUT2D eigenvalue weighted by Gasteiger charge is 2.32. The summed E-state index contributed by atoms with van der Waals surface area (Å²) in [5.41, 5.74) is 7.70. The highest BCUT2D eigenvalue weighted by Crippen LogP contribution is 2.33. The minimum atomic E-state index is -0.427. The molecule has 2 heterocycles. The van der Waals surface area contributed by atoms with Crippen molar-refractivity contribution >= 4 is 45.0 Å². The number of thiocarbonyl (C=S) groups is 1. The number of amides is 1. The van der Waals surface area contributed by atoms with Gasteiger partial charge in [-0.15, -0.1) is 0 Å². The number of cyclic esters (lactones) is 1. The third-order valence-corrected chi connectivity index (χ3v) is 5.13. The fourth-order valence-corrected chi connectivity index (χ4v) is 3.56. The molecule has 8 nitrogen and oxygen atoms in total. The van der Waals surface area contributed by atoms with Crippen LogP contribution in [0.4, 0.5) is 10.5 Å². The van der Waals surface area contributed by atoms with Gasteiger partial charge in [0, 0.05) is 15.7 Å². The second kappa shape index (κ2) is 8.18. The summed E-state index contributed by atoms with van der Waals surface area (Å²) in [5.74, 6) is 0.887. The van der Waals surface area contributed by atoms with Gasteiger partial charge in [0.25, 0.3) is 5.89 Å². The lowest BCUT2D eigenvalue weighted by molar-refractivity contribution is 0.143. The zero-order valence-corrected chi connectivity index (χ0v) is 17.4. The average Bonchev–Trinajstić information content (AvgIpc) is 3.34. The van der Waals surface area contributed by atoms with Gasteiger partial charge in [-0.3, -0.25) is 4.90 Å². The zero-order valence-electron chi connectivity index (χ0n) is 15.0. The molecule has 1 atom stereocenters. The molecular formula is C19H16BrN5O3S. The van der Waals surface area contributed by atoms with Crippen molar-refractivity contribution in [3.63, 3.8) is 0 Å². The second-order valence-corrected chi connectivity index (χ2v) is 7.61. The van der Waals surface area contributed by atoms with E-state index in [-0.39, 0.29) is 11.2 Å². The molecule has 1 aliphatic rings. The van der Waals surface area contributed by atoms with E-state index in [1.54, 1.807) is 11.0 Å². The molecule has 0 radical (unpaired) electrons. The van der Waals surface area contributed by atoms with E-state index >= 15 is 0 Å². The first-order valence-electron chi connectivity index (χ1n) is 8.72. The summed E-state index contributed by atoms with van der Waals surface area (Å²) in [5, 5.41) is 7.02. The number of carbonyl (C=O) groups excluding carboxylic acids is 1. The van der Waals surface area contributed by atoms with Gasteiger partial charge in [-0.2, -0.15) is 4.98 Å². The van der Waals surface area contributed by atoms with Crippen molar-refractivity contribution in [1.82, 2.24) is 15.5 Å². The molecule has 0 saturated carbocycles. The van der Waals surface area contributed by atoms with E-state index in [4.69, 9.17) is 27.2 Å². The third kappa shape index (κ3) is 4.22. The maximum atomic E-state index is 12.2. The lowest BCUT2D eigenvalue weighted by Crippen LogP contribution is -2.37. The number of hydrogen-bond donors (Lipinski definition) is 2. The predicted octanol–water partition coefficient (Wildman–Crippen LogP) is 3.32. The zero-order chi connectivity index (χ0) is 20.4. The molecule has 3 N–H and O–H groups in total. The Labute approximate surface area is 180 Å². The van der Waals surface area contributed by atoms with Crippen LogP contribution in [0, 0.1) is 0 Å². The van der Waals surface area contributed by atoms with Gasteiger partial charge < -0.3 is 20.3 Å². The summed E-state index contributed by atoms with van der Waals surface area (Å²) in [6, 6.07) is 15.0. The van der Waals surface area contributed by atoms with Crippen LogP contribution in [0.1, 0.15) is 0 Å². The highest BCUT2D eigenvalue weighted by molar-refractivity contribution is 9.10. The molecule has 0 bridgehead atoms. The molecule has 1 aromatic heterocycles. The predicted molar refractivity (Wildman–Crippen MR) is 115 cm³/mol. The number of rotatable bonds is 5. The van der Waals surface area contributed by atoms with E-state index in [2.05, 4.69) is 31.4 Å². The number of nitrogens with one attached hydrogen (secondary N) is 1. The number of carbonyl (C=O) groups is 1. The minimum Gasteiger partial charge on any atom is -0.442 e. The van der Waals surface area contributed by atoms with Gasteiger partial charge in [0.1, 0.15) is 6.10 Å². The van der Waals surface area contributed by atoms with Crippen LogP contribution in [0.15, 0.2) is 57.5 Å². The average molecular weight is 474 g/mol. The van der Waals surface area contributed by atoms with Crippen molar-refractivity contribution in [3.05, 3.63) is 53.0 Å². The van der Waals surface area contributed by atoms with E-state index < -0.39 is 6.09 Å². The standard InChI is InChI=1S/C19H16BrN5O3S/c20-15-8-12(25-10-13(27-19(25)26)9-22-18(21)29)6-7-14(15)17-23-16(24-28-17)11-4-2-1-3-5-11/h1-8,13H,9-10H2,(H3,21,22,29). The normalized spacial score (nSPS) is 16.0. The van der Waals surface area contributed by atoms with Crippen molar-refractivity contribution in [1.29, 1.82) is 0 Å². The molecule has 1 amide bonds. The number of benzene rings is 2. The van der Waals surface area contributed by atoms with Crippen molar-refractivity contribution in [3.8, 4) is 22.8 Å². The quantitative estimate of drug-likeness (QED) is 0.543. The summed E-state index contributed by atoms with van der Waals surface area (Å²) < 4.78 is 11.5. The maximum Gasteiger partial charge on any atom is 0.414 e. The van der Waals surface area contributed by atoms with Crippen molar-refractivity contribution in [2.24, 2.45) is 5.73 Å². The maximum absolute atomic E-state index is 12.2. The van der Waals surface area contributed by atoms with Crippen LogP contribution in [0.3, 0.4) is 0 Å². The van der Waals surface area contributed by atoms with Crippen molar-refractivity contribution in [2.75, 3.05) is 18.0 Å². The number of hydrogen-bond acceptors (Lipinski definition) is 6. The third-order valence-electron chi connectivity index (χ3n) is 4.33. The van der Waals surface area contributed by atoms with Crippen LogP contribution in [0.5, 0.6) is 0 Å².